The Balaban J connectivity index is 2.13. The molecule has 27 heavy (non-hydrogen) atoms. The van der Waals surface area contributed by atoms with Crippen LogP contribution in [0.4, 0.5) is 0 Å². The van der Waals surface area contributed by atoms with Crippen LogP contribution < -0.4 is 0 Å². The van der Waals surface area contributed by atoms with E-state index < -0.39 is 30.2 Å². The van der Waals surface area contributed by atoms with E-state index in [1.165, 1.54) is 19.3 Å². The van der Waals surface area contributed by atoms with Crippen LogP contribution in [0.5, 0.6) is 0 Å². The third-order valence-corrected chi connectivity index (χ3v) is 4.05. The van der Waals surface area contributed by atoms with Gasteiger partial charge in [-0.1, -0.05) is 60.7 Å². The highest BCUT2D eigenvalue weighted by Gasteiger charge is 2.34. The van der Waals surface area contributed by atoms with Gasteiger partial charge < -0.3 is 30.3 Å². The van der Waals surface area contributed by atoms with Crippen LogP contribution >= 0.6 is 0 Å². The van der Waals surface area contributed by atoms with Crippen molar-refractivity contribution >= 4 is 12.2 Å². The smallest absolute Gasteiger partial charge is 0.139 e. The Morgan fingerprint density at radius 1 is 0.741 bits per heavy atom. The van der Waals surface area contributed by atoms with Crippen molar-refractivity contribution in [3.05, 3.63) is 83.3 Å². The van der Waals surface area contributed by atoms with Gasteiger partial charge in [0.25, 0.3) is 0 Å². The van der Waals surface area contributed by atoms with E-state index in [9.17, 15) is 25.5 Å². The summed E-state index contributed by atoms with van der Waals surface area (Å²) in [6, 6.07) is 17.7. The Hall–Kier alpha value is -2.64. The first kappa shape index (κ1) is 20.7. The zero-order valence-corrected chi connectivity index (χ0v) is 14.9. The van der Waals surface area contributed by atoms with E-state index in [1.807, 2.05) is 6.07 Å². The number of aliphatic hydroxyl groups is 5. The van der Waals surface area contributed by atoms with Gasteiger partial charge in [-0.15, -0.1) is 0 Å². The third kappa shape index (κ3) is 5.67. The van der Waals surface area contributed by atoms with Crippen molar-refractivity contribution in [1.29, 1.82) is 0 Å². The molecule has 0 amide bonds. The molecule has 0 unspecified atom stereocenters. The molecule has 2 rings (SSSR count). The van der Waals surface area contributed by atoms with Crippen LogP contribution in [0.25, 0.3) is 12.2 Å². The predicted octanol–water partition coefficient (Wildman–Crippen LogP) is 1.72. The van der Waals surface area contributed by atoms with Crippen LogP contribution in [-0.4, -0.2) is 57.1 Å². The van der Waals surface area contributed by atoms with Gasteiger partial charge in [-0.05, 0) is 23.3 Å². The number of hydrogen-bond acceptors (Lipinski definition) is 6. The lowest BCUT2D eigenvalue weighted by Crippen LogP contribution is -2.46. The molecule has 0 saturated heterocycles. The Bertz CT molecular complexity index is 757. The maximum atomic E-state index is 10.3. The van der Waals surface area contributed by atoms with Crippen LogP contribution in [0.2, 0.25) is 0 Å². The van der Waals surface area contributed by atoms with Gasteiger partial charge in [0.1, 0.15) is 35.9 Å². The van der Waals surface area contributed by atoms with Crippen molar-refractivity contribution in [2.45, 2.75) is 24.4 Å². The molecule has 6 nitrogen and oxygen atoms in total. The highest BCUT2D eigenvalue weighted by atomic mass is 16.5. The predicted molar refractivity (Wildman–Crippen MR) is 103 cm³/mol. The van der Waals surface area contributed by atoms with Crippen molar-refractivity contribution in [2.24, 2.45) is 0 Å². The van der Waals surface area contributed by atoms with Crippen LogP contribution in [0.1, 0.15) is 11.1 Å². The summed E-state index contributed by atoms with van der Waals surface area (Å²) in [7, 11) is 1.32. The Morgan fingerprint density at radius 3 is 1.67 bits per heavy atom. The lowest BCUT2D eigenvalue weighted by molar-refractivity contribution is -0.101. The maximum absolute atomic E-state index is 10.3. The van der Waals surface area contributed by atoms with E-state index in [0.29, 0.717) is 5.56 Å². The van der Waals surface area contributed by atoms with Crippen molar-refractivity contribution in [3.8, 4) is 0 Å². The zero-order valence-electron chi connectivity index (χ0n) is 14.9. The van der Waals surface area contributed by atoms with E-state index in [4.69, 9.17) is 4.74 Å². The molecule has 0 spiro atoms. The molecule has 0 aliphatic carbocycles. The second-order valence-electron chi connectivity index (χ2n) is 6.01. The van der Waals surface area contributed by atoms with Gasteiger partial charge in [0, 0.05) is 0 Å². The molecule has 0 radical (unpaired) electrons. The van der Waals surface area contributed by atoms with Crippen LogP contribution in [-0.2, 0) is 4.74 Å². The molecule has 0 bridgehead atoms. The summed E-state index contributed by atoms with van der Waals surface area (Å²) in [5.74, 6) is -0.530. The fourth-order valence-corrected chi connectivity index (χ4v) is 2.50. The molecule has 144 valence electrons. The van der Waals surface area contributed by atoms with Crippen molar-refractivity contribution in [2.75, 3.05) is 7.11 Å². The average Bonchev–Trinajstić information content (AvgIpc) is 2.71. The normalized spacial score (nSPS) is 17.1. The molecule has 0 heterocycles. The van der Waals surface area contributed by atoms with E-state index >= 15 is 0 Å². The van der Waals surface area contributed by atoms with Gasteiger partial charge in [-0.25, -0.2) is 0 Å². The molecule has 0 fully saturated rings. The summed E-state index contributed by atoms with van der Waals surface area (Å²) in [5, 5.41) is 50.8. The van der Waals surface area contributed by atoms with Gasteiger partial charge in [-0.2, -0.15) is 0 Å². The molecule has 0 aliphatic heterocycles. The number of rotatable bonds is 8. The Morgan fingerprint density at radius 2 is 1.19 bits per heavy atom. The minimum atomic E-state index is -1.84. The highest BCUT2D eigenvalue weighted by Crippen LogP contribution is 2.19. The van der Waals surface area contributed by atoms with Crippen LogP contribution in [0.3, 0.4) is 0 Å². The number of hydrogen-bond donors (Lipinski definition) is 5. The van der Waals surface area contributed by atoms with E-state index in [0.717, 1.165) is 5.56 Å². The summed E-state index contributed by atoms with van der Waals surface area (Å²) in [6.45, 7) is 0. The zero-order chi connectivity index (χ0) is 19.8. The number of ether oxygens (including phenoxy) is 1. The van der Waals surface area contributed by atoms with E-state index in [2.05, 4.69) is 0 Å². The molecule has 6 heteroatoms. The first-order chi connectivity index (χ1) is 12.9. The van der Waals surface area contributed by atoms with E-state index in [-0.39, 0.29) is 5.76 Å². The second kappa shape index (κ2) is 9.89. The third-order valence-electron chi connectivity index (χ3n) is 4.05. The fraction of sp³-hybridized carbons (Fsp3) is 0.238. The molecule has 5 N–H and O–H groups in total. The monoisotopic (exact) mass is 372 g/mol. The molecule has 0 aromatic heterocycles. The van der Waals surface area contributed by atoms with Crippen molar-refractivity contribution in [1.82, 2.24) is 0 Å². The van der Waals surface area contributed by atoms with E-state index in [1.54, 1.807) is 54.6 Å². The van der Waals surface area contributed by atoms with Gasteiger partial charge in [0.2, 0.25) is 0 Å². The fourth-order valence-electron chi connectivity index (χ4n) is 2.50. The number of benzene rings is 2. The topological polar surface area (TPSA) is 110 Å². The standard InChI is InChI=1S/C21H24O6/c1-27-17(13-15-10-6-3-7-11-15)19(24)21(26)20(25)18(23)16(22)12-14-8-4-2-5-9-14/h2-13,18-26H,1H3/t18-,19+,20-,21-/m1/s1. The molecular formula is C21H24O6. The molecule has 4 atom stereocenters. The van der Waals surface area contributed by atoms with Crippen molar-refractivity contribution in [3.63, 3.8) is 0 Å². The first-order valence-electron chi connectivity index (χ1n) is 8.42. The quantitative estimate of drug-likeness (QED) is 0.451. The molecule has 2 aromatic carbocycles. The molecule has 0 aliphatic rings. The average molecular weight is 372 g/mol. The van der Waals surface area contributed by atoms with Crippen LogP contribution in [0.15, 0.2) is 72.2 Å². The van der Waals surface area contributed by atoms with Crippen molar-refractivity contribution < 1.29 is 30.3 Å². The summed E-state index contributed by atoms with van der Waals surface area (Å²) in [5.41, 5.74) is 1.33. The number of methoxy groups -OCH3 is 1. The lowest BCUT2D eigenvalue weighted by Gasteiger charge is -2.27. The highest BCUT2D eigenvalue weighted by molar-refractivity contribution is 5.53. The van der Waals surface area contributed by atoms with Crippen LogP contribution in [0, 0.1) is 0 Å². The maximum Gasteiger partial charge on any atom is 0.139 e. The lowest BCUT2D eigenvalue weighted by atomic mass is 9.98. The second-order valence-corrected chi connectivity index (χ2v) is 6.01. The summed E-state index contributed by atoms with van der Waals surface area (Å²) >= 11 is 0. The van der Waals surface area contributed by atoms with Gasteiger partial charge in [0.05, 0.1) is 7.11 Å². The molecular weight excluding hydrogens is 348 g/mol. The Kier molecular flexibility index (Phi) is 7.57. The molecule has 2 aromatic rings. The Labute approximate surface area is 157 Å². The minimum Gasteiger partial charge on any atom is -0.509 e. The largest absolute Gasteiger partial charge is 0.509 e. The summed E-state index contributed by atoms with van der Waals surface area (Å²) in [6.07, 6.45) is -4.25. The SMILES string of the molecule is COC(=Cc1ccccc1)[C@H](O)[C@@H](O)[C@H](O)[C@H](O)C(O)=Cc1ccccc1. The van der Waals surface area contributed by atoms with Gasteiger partial charge in [0.15, 0.2) is 0 Å². The number of aliphatic hydroxyl groups excluding tert-OH is 5. The summed E-state index contributed by atoms with van der Waals surface area (Å²) < 4.78 is 5.10. The minimum absolute atomic E-state index is 0.00600. The van der Waals surface area contributed by atoms with Gasteiger partial charge >= 0.3 is 0 Å². The first-order valence-corrected chi connectivity index (χ1v) is 8.42. The summed E-state index contributed by atoms with van der Waals surface area (Å²) in [4.78, 5) is 0. The van der Waals surface area contributed by atoms with Gasteiger partial charge in [-0.3, -0.25) is 0 Å². The molecule has 0 saturated carbocycles.